The first-order valence-corrected chi connectivity index (χ1v) is 11.4. The van der Waals surface area contributed by atoms with E-state index >= 15 is 0 Å². The van der Waals surface area contributed by atoms with E-state index in [2.05, 4.69) is 10.6 Å². The fraction of sp³-hybridized carbons (Fsp3) is 0.320. The number of rotatable bonds is 6. The number of halogens is 1. The van der Waals surface area contributed by atoms with Crippen LogP contribution < -0.4 is 10.6 Å². The lowest BCUT2D eigenvalue weighted by atomic mass is 9.94. The van der Waals surface area contributed by atoms with E-state index in [1.807, 2.05) is 31.2 Å². The third-order valence-electron chi connectivity index (χ3n) is 6.04. The minimum absolute atomic E-state index is 0.0659. The molecule has 1 aliphatic heterocycles. The van der Waals surface area contributed by atoms with E-state index in [9.17, 15) is 14.4 Å². The number of amides is 3. The van der Waals surface area contributed by atoms with E-state index in [1.165, 1.54) is 4.90 Å². The van der Waals surface area contributed by atoms with Gasteiger partial charge in [-0.2, -0.15) is 0 Å². The summed E-state index contributed by atoms with van der Waals surface area (Å²) in [4.78, 5) is 39.7. The Hall–Kier alpha value is -3.12. The number of hydrogen-bond donors (Lipinski definition) is 2. The van der Waals surface area contributed by atoms with Crippen LogP contribution in [0.25, 0.3) is 0 Å². The van der Waals surface area contributed by atoms with Crippen LogP contribution in [0, 0.1) is 0 Å². The number of nitrogens with zero attached hydrogens (tertiary/aromatic N) is 1. The van der Waals surface area contributed by atoms with Crippen molar-refractivity contribution in [1.29, 1.82) is 0 Å². The maximum absolute atomic E-state index is 13.0. The third-order valence-corrected chi connectivity index (χ3v) is 6.39. The van der Waals surface area contributed by atoms with Crippen LogP contribution >= 0.6 is 11.6 Å². The van der Waals surface area contributed by atoms with Gasteiger partial charge in [-0.1, -0.05) is 62.1 Å². The number of anilines is 2. The summed E-state index contributed by atoms with van der Waals surface area (Å²) in [7, 11) is 0. The summed E-state index contributed by atoms with van der Waals surface area (Å²) in [5.41, 5.74) is 2.82. The van der Waals surface area contributed by atoms with E-state index in [1.54, 1.807) is 24.3 Å². The number of carbonyl (C=O) groups is 3. The largest absolute Gasteiger partial charge is 0.350 e. The molecule has 0 radical (unpaired) electrons. The molecule has 32 heavy (non-hydrogen) atoms. The molecule has 0 spiro atoms. The average molecular weight is 452 g/mol. The van der Waals surface area contributed by atoms with Gasteiger partial charge in [0.05, 0.1) is 0 Å². The standard InChI is InChI=1S/C25H26ClN3O3/c1-2-16-9-6-7-14-20(16)28-23(30)17-10-8-11-18(15-17)27-22-21(26)24(31)29(25(22)32)19-12-4-3-5-13-19/h6-11,14-15,19,27H,2-5,12-13H2,1H3,(H,28,30). The van der Waals surface area contributed by atoms with Gasteiger partial charge < -0.3 is 10.6 Å². The Morgan fingerprint density at radius 1 is 1.03 bits per heavy atom. The van der Waals surface area contributed by atoms with Crippen molar-refractivity contribution in [1.82, 2.24) is 4.90 Å². The summed E-state index contributed by atoms with van der Waals surface area (Å²) in [5, 5.41) is 5.81. The zero-order valence-electron chi connectivity index (χ0n) is 18.0. The second-order valence-corrected chi connectivity index (χ2v) is 8.51. The number of nitrogens with one attached hydrogen (secondary N) is 2. The normalized spacial score (nSPS) is 17.1. The summed E-state index contributed by atoms with van der Waals surface area (Å²) in [6, 6.07) is 14.3. The predicted octanol–water partition coefficient (Wildman–Crippen LogP) is 5.07. The minimum atomic E-state index is -0.448. The summed E-state index contributed by atoms with van der Waals surface area (Å²) in [5.74, 6) is -1.11. The Labute approximate surface area is 192 Å². The van der Waals surface area contributed by atoms with Crippen molar-refractivity contribution in [2.75, 3.05) is 10.6 Å². The van der Waals surface area contributed by atoms with Crippen molar-refractivity contribution < 1.29 is 14.4 Å². The van der Waals surface area contributed by atoms with Gasteiger partial charge in [0.25, 0.3) is 17.7 Å². The average Bonchev–Trinajstić information content (AvgIpc) is 3.03. The molecule has 0 unspecified atom stereocenters. The van der Waals surface area contributed by atoms with Crippen LogP contribution in [-0.2, 0) is 16.0 Å². The van der Waals surface area contributed by atoms with Gasteiger partial charge >= 0.3 is 0 Å². The van der Waals surface area contributed by atoms with Crippen LogP contribution in [-0.4, -0.2) is 28.7 Å². The van der Waals surface area contributed by atoms with Gasteiger partial charge in [0.15, 0.2) is 0 Å². The van der Waals surface area contributed by atoms with Crippen molar-refractivity contribution >= 4 is 40.7 Å². The molecule has 1 fully saturated rings. The van der Waals surface area contributed by atoms with E-state index in [4.69, 9.17) is 11.6 Å². The van der Waals surface area contributed by atoms with E-state index in [0.29, 0.717) is 11.3 Å². The molecule has 7 heteroatoms. The summed E-state index contributed by atoms with van der Waals surface area (Å²) in [6.07, 6.45) is 5.55. The lowest BCUT2D eigenvalue weighted by Crippen LogP contribution is -2.42. The zero-order valence-corrected chi connectivity index (χ0v) is 18.7. The number of imide groups is 1. The van der Waals surface area contributed by atoms with Crippen molar-refractivity contribution in [3.05, 3.63) is 70.4 Å². The highest BCUT2D eigenvalue weighted by Gasteiger charge is 2.42. The molecule has 166 valence electrons. The van der Waals surface area contributed by atoms with Gasteiger partial charge in [-0.05, 0) is 49.1 Å². The summed E-state index contributed by atoms with van der Waals surface area (Å²) < 4.78 is 0. The van der Waals surface area contributed by atoms with Crippen molar-refractivity contribution in [2.24, 2.45) is 0 Å². The van der Waals surface area contributed by atoms with Crippen molar-refractivity contribution in [3.63, 3.8) is 0 Å². The molecular formula is C25H26ClN3O3. The number of para-hydroxylation sites is 1. The molecule has 0 saturated heterocycles. The number of aryl methyl sites for hydroxylation is 1. The van der Waals surface area contributed by atoms with Crippen LogP contribution in [0.2, 0.25) is 0 Å². The summed E-state index contributed by atoms with van der Waals surface area (Å²) in [6.45, 7) is 2.03. The Bertz CT molecular complexity index is 1090. The Morgan fingerprint density at radius 3 is 2.53 bits per heavy atom. The molecule has 2 aromatic carbocycles. The molecule has 0 aromatic heterocycles. The smallest absolute Gasteiger partial charge is 0.279 e. The molecule has 1 aliphatic carbocycles. The molecule has 2 aromatic rings. The zero-order chi connectivity index (χ0) is 22.7. The van der Waals surface area contributed by atoms with Crippen LogP contribution in [0.15, 0.2) is 59.3 Å². The lowest BCUT2D eigenvalue weighted by Gasteiger charge is -2.29. The topological polar surface area (TPSA) is 78.5 Å². The lowest BCUT2D eigenvalue weighted by molar-refractivity contribution is -0.140. The Kier molecular flexibility index (Phi) is 6.61. The first kappa shape index (κ1) is 22.1. The Balaban J connectivity index is 1.50. The van der Waals surface area contributed by atoms with Crippen LogP contribution in [0.1, 0.15) is 54.9 Å². The molecule has 3 amide bonds. The first-order chi connectivity index (χ1) is 15.5. The van der Waals surface area contributed by atoms with Gasteiger partial charge in [-0.25, -0.2) is 0 Å². The SMILES string of the molecule is CCc1ccccc1NC(=O)c1cccc(NC2=C(Cl)C(=O)N(C3CCCCC3)C2=O)c1. The van der Waals surface area contributed by atoms with Crippen LogP contribution in [0.5, 0.6) is 0 Å². The second kappa shape index (κ2) is 9.57. The fourth-order valence-corrected chi connectivity index (χ4v) is 4.55. The van der Waals surface area contributed by atoms with Crippen LogP contribution in [0.3, 0.4) is 0 Å². The highest BCUT2D eigenvalue weighted by Crippen LogP contribution is 2.32. The van der Waals surface area contributed by atoms with Gasteiger partial charge in [0, 0.05) is 23.0 Å². The highest BCUT2D eigenvalue weighted by molar-refractivity contribution is 6.48. The maximum atomic E-state index is 13.0. The molecule has 4 rings (SSSR count). The number of carbonyl (C=O) groups excluding carboxylic acids is 3. The van der Waals surface area contributed by atoms with E-state index < -0.39 is 11.8 Å². The first-order valence-electron chi connectivity index (χ1n) is 11.0. The molecule has 2 aliphatic rings. The molecule has 1 saturated carbocycles. The maximum Gasteiger partial charge on any atom is 0.279 e. The van der Waals surface area contributed by atoms with Gasteiger partial charge in [-0.3, -0.25) is 19.3 Å². The molecule has 2 N–H and O–H groups in total. The van der Waals surface area contributed by atoms with Gasteiger partial charge in [0.1, 0.15) is 10.7 Å². The Morgan fingerprint density at radius 2 is 1.78 bits per heavy atom. The van der Waals surface area contributed by atoms with Crippen molar-refractivity contribution in [2.45, 2.75) is 51.5 Å². The van der Waals surface area contributed by atoms with Crippen LogP contribution in [0.4, 0.5) is 11.4 Å². The molecular weight excluding hydrogens is 426 g/mol. The fourth-order valence-electron chi connectivity index (χ4n) is 4.33. The summed E-state index contributed by atoms with van der Waals surface area (Å²) >= 11 is 6.26. The predicted molar refractivity (Wildman–Crippen MR) is 125 cm³/mol. The third kappa shape index (κ3) is 4.41. The minimum Gasteiger partial charge on any atom is -0.350 e. The van der Waals surface area contributed by atoms with Gasteiger partial charge in [0.2, 0.25) is 0 Å². The number of hydrogen-bond acceptors (Lipinski definition) is 4. The van der Waals surface area contributed by atoms with E-state index in [0.717, 1.165) is 49.8 Å². The molecule has 6 nitrogen and oxygen atoms in total. The van der Waals surface area contributed by atoms with Crippen molar-refractivity contribution in [3.8, 4) is 0 Å². The quantitative estimate of drug-likeness (QED) is 0.601. The van der Waals surface area contributed by atoms with Gasteiger partial charge in [-0.15, -0.1) is 0 Å². The highest BCUT2D eigenvalue weighted by atomic mass is 35.5. The molecule has 1 heterocycles. The number of benzene rings is 2. The monoisotopic (exact) mass is 451 g/mol. The molecule has 0 bridgehead atoms. The second-order valence-electron chi connectivity index (χ2n) is 8.13. The molecule has 0 atom stereocenters. The van der Waals surface area contributed by atoms with E-state index in [-0.39, 0.29) is 22.7 Å².